The molecule has 0 aliphatic carbocycles. The van der Waals surface area contributed by atoms with Gasteiger partial charge in [-0.25, -0.2) is 22.1 Å². The summed E-state index contributed by atoms with van der Waals surface area (Å²) in [5.74, 6) is -0.761. The van der Waals surface area contributed by atoms with E-state index in [1.807, 2.05) is 0 Å². The molecule has 3 rings (SSSR count). The first-order valence-corrected chi connectivity index (χ1v) is 9.28. The molecule has 1 atom stereocenters. The standard InChI is InChI=1S/C13H12ClFN4O2S2/c1-19-13(16)18-10(6-23(19,20)21)12-9(14)3-11(22-12)7-2-8(15)5-17-4-7/h2-5,10H,6H2,1H3,(H2,16,18)/t10-/m0/s1. The van der Waals surface area contributed by atoms with E-state index in [4.69, 9.17) is 17.3 Å². The number of nitrogens with zero attached hydrogens (tertiary/aromatic N) is 3. The third-order valence-electron chi connectivity index (χ3n) is 3.40. The first-order valence-electron chi connectivity index (χ1n) is 6.48. The summed E-state index contributed by atoms with van der Waals surface area (Å²) in [6.45, 7) is 0. The Labute approximate surface area is 141 Å². The summed E-state index contributed by atoms with van der Waals surface area (Å²) in [6.07, 6.45) is 2.62. The van der Waals surface area contributed by atoms with Crippen LogP contribution in [0.3, 0.4) is 0 Å². The number of aromatic nitrogens is 1. The van der Waals surface area contributed by atoms with Crippen LogP contribution in [0.1, 0.15) is 10.9 Å². The molecule has 1 aliphatic rings. The van der Waals surface area contributed by atoms with Gasteiger partial charge in [0.15, 0.2) is 0 Å². The van der Waals surface area contributed by atoms with Gasteiger partial charge in [0.05, 0.1) is 17.0 Å². The molecule has 2 N–H and O–H groups in total. The summed E-state index contributed by atoms with van der Waals surface area (Å²) in [4.78, 5) is 9.24. The topological polar surface area (TPSA) is 88.7 Å². The SMILES string of the molecule is CN1C(N)=N[C@H](c2sc(-c3cncc(F)c3)cc2Cl)CS1(=O)=O. The molecule has 0 unspecified atom stereocenters. The lowest BCUT2D eigenvalue weighted by Crippen LogP contribution is -2.44. The molecular formula is C13H12ClFN4O2S2. The number of rotatable bonds is 2. The molecule has 6 nitrogen and oxygen atoms in total. The number of guanidine groups is 1. The number of pyridine rings is 1. The molecule has 122 valence electrons. The van der Waals surface area contributed by atoms with Crippen LogP contribution in [0.2, 0.25) is 5.02 Å². The average Bonchev–Trinajstić information content (AvgIpc) is 2.86. The normalized spacial score (nSPS) is 20.4. The lowest BCUT2D eigenvalue weighted by atomic mass is 10.2. The van der Waals surface area contributed by atoms with Gasteiger partial charge in [-0.05, 0) is 12.1 Å². The smallest absolute Gasteiger partial charge is 0.239 e. The van der Waals surface area contributed by atoms with Crippen molar-refractivity contribution in [2.75, 3.05) is 12.8 Å². The Morgan fingerprint density at radius 2 is 2.17 bits per heavy atom. The Hall–Kier alpha value is -1.71. The quantitative estimate of drug-likeness (QED) is 0.872. The van der Waals surface area contributed by atoms with Gasteiger partial charge >= 0.3 is 0 Å². The Kier molecular flexibility index (Phi) is 4.03. The molecular weight excluding hydrogens is 363 g/mol. The second-order valence-electron chi connectivity index (χ2n) is 4.96. The van der Waals surface area contributed by atoms with Crippen LogP contribution in [0.15, 0.2) is 29.5 Å². The predicted octanol–water partition coefficient (Wildman–Crippen LogP) is 2.23. The zero-order chi connectivity index (χ0) is 16.8. The fourth-order valence-electron chi connectivity index (χ4n) is 2.17. The molecule has 23 heavy (non-hydrogen) atoms. The van der Waals surface area contributed by atoms with Gasteiger partial charge in [0.2, 0.25) is 16.0 Å². The second-order valence-corrected chi connectivity index (χ2v) is 8.50. The van der Waals surface area contributed by atoms with Gasteiger partial charge in [-0.2, -0.15) is 0 Å². The first kappa shape index (κ1) is 16.2. The molecule has 0 radical (unpaired) electrons. The molecule has 0 amide bonds. The third kappa shape index (κ3) is 3.04. The lowest BCUT2D eigenvalue weighted by Gasteiger charge is -2.26. The van der Waals surface area contributed by atoms with E-state index in [9.17, 15) is 12.8 Å². The van der Waals surface area contributed by atoms with E-state index >= 15 is 0 Å². The van der Waals surface area contributed by atoms with Crippen molar-refractivity contribution in [2.45, 2.75) is 6.04 Å². The van der Waals surface area contributed by atoms with Crippen LogP contribution >= 0.6 is 22.9 Å². The van der Waals surface area contributed by atoms with E-state index in [1.165, 1.54) is 30.6 Å². The van der Waals surface area contributed by atoms with Crippen molar-refractivity contribution in [1.82, 2.24) is 9.29 Å². The fourth-order valence-corrected chi connectivity index (χ4v) is 4.95. The molecule has 10 heteroatoms. The molecule has 2 aromatic rings. The van der Waals surface area contributed by atoms with Gasteiger partial charge in [0.1, 0.15) is 11.9 Å². The number of aliphatic imine (C=N–C) groups is 1. The van der Waals surface area contributed by atoms with Gasteiger partial charge in [0, 0.05) is 28.6 Å². The van der Waals surface area contributed by atoms with Gasteiger partial charge in [-0.15, -0.1) is 11.3 Å². The Bertz CT molecular complexity index is 897. The highest BCUT2D eigenvalue weighted by molar-refractivity contribution is 7.89. The maximum Gasteiger partial charge on any atom is 0.239 e. The largest absolute Gasteiger partial charge is 0.369 e. The van der Waals surface area contributed by atoms with E-state index < -0.39 is 21.9 Å². The van der Waals surface area contributed by atoms with Gasteiger partial charge < -0.3 is 5.73 Å². The first-order chi connectivity index (χ1) is 10.8. The van der Waals surface area contributed by atoms with Crippen molar-refractivity contribution < 1.29 is 12.8 Å². The highest BCUT2D eigenvalue weighted by Gasteiger charge is 2.33. The maximum atomic E-state index is 13.3. The van der Waals surface area contributed by atoms with Crippen LogP contribution in [-0.4, -0.2) is 36.5 Å². The van der Waals surface area contributed by atoms with E-state index in [1.54, 1.807) is 6.07 Å². The summed E-state index contributed by atoms with van der Waals surface area (Å²) in [5.41, 5.74) is 6.23. The average molecular weight is 375 g/mol. The van der Waals surface area contributed by atoms with Crippen LogP contribution in [0.5, 0.6) is 0 Å². The monoisotopic (exact) mass is 374 g/mol. The summed E-state index contributed by atoms with van der Waals surface area (Å²) in [5, 5.41) is 0.371. The van der Waals surface area contributed by atoms with Crippen molar-refractivity contribution >= 4 is 38.9 Å². The molecule has 0 spiro atoms. The summed E-state index contributed by atoms with van der Waals surface area (Å²) in [6, 6.07) is 2.31. The molecule has 1 aliphatic heterocycles. The van der Waals surface area contributed by atoms with E-state index in [0.29, 0.717) is 20.3 Å². The number of thiophene rings is 1. The predicted molar refractivity (Wildman–Crippen MR) is 88.4 cm³/mol. The number of hydrogen-bond donors (Lipinski definition) is 1. The molecule has 0 saturated carbocycles. The summed E-state index contributed by atoms with van der Waals surface area (Å²) < 4.78 is 38.4. The van der Waals surface area contributed by atoms with E-state index in [0.717, 1.165) is 10.5 Å². The highest BCUT2D eigenvalue weighted by Crippen LogP contribution is 2.40. The molecule has 3 heterocycles. The van der Waals surface area contributed by atoms with Crippen LogP contribution in [-0.2, 0) is 10.0 Å². The van der Waals surface area contributed by atoms with Gasteiger partial charge in [-0.3, -0.25) is 4.98 Å². The van der Waals surface area contributed by atoms with Crippen LogP contribution in [0, 0.1) is 5.82 Å². The molecule has 2 aromatic heterocycles. The van der Waals surface area contributed by atoms with Crippen LogP contribution < -0.4 is 5.73 Å². The Balaban J connectivity index is 2.02. The van der Waals surface area contributed by atoms with Crippen molar-refractivity contribution in [3.63, 3.8) is 0 Å². The van der Waals surface area contributed by atoms with Gasteiger partial charge in [-0.1, -0.05) is 11.6 Å². The second kappa shape index (κ2) is 5.73. The maximum absolute atomic E-state index is 13.3. The van der Waals surface area contributed by atoms with Gasteiger partial charge in [0.25, 0.3) is 0 Å². The zero-order valence-electron chi connectivity index (χ0n) is 11.9. The molecule has 0 saturated heterocycles. The van der Waals surface area contributed by atoms with Crippen molar-refractivity contribution in [3.05, 3.63) is 40.2 Å². The molecule has 0 bridgehead atoms. The number of hydrogen-bond acceptors (Lipinski definition) is 6. The zero-order valence-corrected chi connectivity index (χ0v) is 14.3. The van der Waals surface area contributed by atoms with E-state index in [2.05, 4.69) is 9.98 Å². The minimum Gasteiger partial charge on any atom is -0.369 e. The summed E-state index contributed by atoms with van der Waals surface area (Å²) in [7, 11) is -2.18. The molecule has 0 aromatic carbocycles. The van der Waals surface area contributed by atoms with Crippen molar-refractivity contribution in [2.24, 2.45) is 10.7 Å². The van der Waals surface area contributed by atoms with Crippen LogP contribution in [0.4, 0.5) is 4.39 Å². The van der Waals surface area contributed by atoms with Crippen LogP contribution in [0.25, 0.3) is 10.4 Å². The van der Waals surface area contributed by atoms with E-state index in [-0.39, 0.29) is 11.7 Å². The summed E-state index contributed by atoms with van der Waals surface area (Å²) >= 11 is 7.47. The third-order valence-corrected chi connectivity index (χ3v) is 6.87. The Morgan fingerprint density at radius 1 is 1.43 bits per heavy atom. The molecule has 0 fully saturated rings. The minimum atomic E-state index is -3.53. The lowest BCUT2D eigenvalue weighted by molar-refractivity contribution is 0.532. The fraction of sp³-hybridized carbons (Fsp3) is 0.231. The number of nitrogens with two attached hydrogens (primary N) is 1. The Morgan fingerprint density at radius 3 is 2.83 bits per heavy atom. The van der Waals surface area contributed by atoms with Crippen molar-refractivity contribution in [3.8, 4) is 10.4 Å². The van der Waals surface area contributed by atoms with Crippen molar-refractivity contribution in [1.29, 1.82) is 0 Å². The number of sulfonamides is 1. The minimum absolute atomic E-state index is 0.0836. The number of halogens is 2. The highest BCUT2D eigenvalue weighted by atomic mass is 35.5.